The maximum atomic E-state index is 11.6. The number of fused-ring (bicyclic) bond motifs is 1. The molecule has 1 aliphatic rings. The van der Waals surface area contributed by atoms with E-state index >= 15 is 0 Å². The quantitative estimate of drug-likeness (QED) is 0.624. The molecular weight excluding hydrogens is 220 g/mol. The molecule has 2 aromatic rings. The Morgan fingerprint density at radius 3 is 3.18 bits per heavy atom. The predicted octanol–water partition coefficient (Wildman–Crippen LogP) is -0.374. The van der Waals surface area contributed by atoms with Crippen LogP contribution in [0.15, 0.2) is 11.1 Å². The lowest BCUT2D eigenvalue weighted by Crippen LogP contribution is -2.31. The fraction of sp³-hybridized carbons (Fsp3) is 0.500. The zero-order valence-corrected chi connectivity index (χ0v) is 9.31. The van der Waals surface area contributed by atoms with Crippen molar-refractivity contribution in [3.05, 3.63) is 16.7 Å². The summed E-state index contributed by atoms with van der Waals surface area (Å²) in [6.45, 7) is 1.92. The minimum absolute atomic E-state index is 0.132. The van der Waals surface area contributed by atoms with E-state index in [1.165, 1.54) is 0 Å². The van der Waals surface area contributed by atoms with Crippen LogP contribution >= 0.6 is 0 Å². The zero-order chi connectivity index (χ0) is 11.8. The van der Waals surface area contributed by atoms with Gasteiger partial charge in [-0.05, 0) is 19.4 Å². The number of H-pyrrole nitrogens is 1. The molecule has 90 valence electrons. The topological polar surface area (TPSA) is 102 Å². The molecule has 2 aromatic heterocycles. The zero-order valence-electron chi connectivity index (χ0n) is 9.31. The first kappa shape index (κ1) is 10.3. The summed E-state index contributed by atoms with van der Waals surface area (Å²) >= 11 is 0. The van der Waals surface area contributed by atoms with Gasteiger partial charge in [-0.25, -0.2) is 4.98 Å². The molecule has 4 N–H and O–H groups in total. The SMILES string of the molecule is Nc1nc2c(ncn2C2CCCNC2)c(=O)[nH]1. The van der Waals surface area contributed by atoms with Crippen LogP contribution in [-0.2, 0) is 0 Å². The third-order valence-corrected chi connectivity index (χ3v) is 3.11. The predicted molar refractivity (Wildman–Crippen MR) is 63.7 cm³/mol. The molecule has 0 amide bonds. The Labute approximate surface area is 97.1 Å². The van der Waals surface area contributed by atoms with Crippen LogP contribution in [-0.4, -0.2) is 32.6 Å². The van der Waals surface area contributed by atoms with E-state index in [0.717, 1.165) is 25.9 Å². The number of aromatic nitrogens is 4. The molecule has 1 aliphatic heterocycles. The smallest absolute Gasteiger partial charge is 0.280 e. The summed E-state index contributed by atoms with van der Waals surface area (Å²) < 4.78 is 1.94. The molecule has 17 heavy (non-hydrogen) atoms. The second-order valence-corrected chi connectivity index (χ2v) is 4.28. The molecule has 0 saturated carbocycles. The summed E-state index contributed by atoms with van der Waals surface area (Å²) in [5.74, 6) is 0.132. The molecule has 0 radical (unpaired) electrons. The van der Waals surface area contributed by atoms with Crippen LogP contribution < -0.4 is 16.6 Å². The van der Waals surface area contributed by atoms with Gasteiger partial charge in [0.15, 0.2) is 11.2 Å². The molecule has 1 fully saturated rings. The third-order valence-electron chi connectivity index (χ3n) is 3.11. The van der Waals surface area contributed by atoms with Gasteiger partial charge in [0.05, 0.1) is 6.33 Å². The summed E-state index contributed by atoms with van der Waals surface area (Å²) in [5.41, 5.74) is 6.20. The van der Waals surface area contributed by atoms with Gasteiger partial charge in [0, 0.05) is 12.6 Å². The van der Waals surface area contributed by atoms with Gasteiger partial charge in [-0.2, -0.15) is 4.98 Å². The first-order valence-corrected chi connectivity index (χ1v) is 5.69. The Morgan fingerprint density at radius 1 is 1.53 bits per heavy atom. The summed E-state index contributed by atoms with van der Waals surface area (Å²) in [7, 11) is 0. The van der Waals surface area contributed by atoms with E-state index in [1.807, 2.05) is 4.57 Å². The van der Waals surface area contributed by atoms with E-state index in [1.54, 1.807) is 6.33 Å². The van der Waals surface area contributed by atoms with E-state index in [-0.39, 0.29) is 11.5 Å². The largest absolute Gasteiger partial charge is 0.369 e. The van der Waals surface area contributed by atoms with Gasteiger partial charge in [-0.15, -0.1) is 0 Å². The highest BCUT2D eigenvalue weighted by Gasteiger charge is 2.19. The molecule has 7 heteroatoms. The van der Waals surface area contributed by atoms with Gasteiger partial charge in [0.1, 0.15) is 0 Å². The van der Waals surface area contributed by atoms with Crippen molar-refractivity contribution in [2.45, 2.75) is 18.9 Å². The molecule has 1 atom stereocenters. The first-order valence-electron chi connectivity index (χ1n) is 5.69. The number of anilines is 1. The molecule has 3 heterocycles. The minimum Gasteiger partial charge on any atom is -0.369 e. The van der Waals surface area contributed by atoms with Crippen molar-refractivity contribution < 1.29 is 0 Å². The van der Waals surface area contributed by atoms with Crippen LogP contribution in [0.1, 0.15) is 18.9 Å². The van der Waals surface area contributed by atoms with Crippen LogP contribution in [0.5, 0.6) is 0 Å². The number of nitrogens with zero attached hydrogens (tertiary/aromatic N) is 3. The normalized spacial score (nSPS) is 20.8. The maximum Gasteiger partial charge on any atom is 0.280 e. The number of piperidine rings is 1. The second kappa shape index (κ2) is 3.85. The average molecular weight is 234 g/mol. The Bertz CT molecular complexity index is 594. The standard InChI is InChI=1S/C10H14N6O/c11-10-14-8-7(9(17)15-10)13-5-16(8)6-2-1-3-12-4-6/h5-6,12H,1-4H2,(H3,11,14,15,17). The van der Waals surface area contributed by atoms with Gasteiger partial charge in [-0.3, -0.25) is 9.78 Å². The molecule has 3 rings (SSSR count). The number of nitrogen functional groups attached to an aromatic ring is 1. The molecular formula is C10H14N6O. The van der Waals surface area contributed by atoms with E-state index in [0.29, 0.717) is 17.2 Å². The van der Waals surface area contributed by atoms with E-state index in [2.05, 4.69) is 20.3 Å². The van der Waals surface area contributed by atoms with E-state index < -0.39 is 0 Å². The minimum atomic E-state index is -0.282. The van der Waals surface area contributed by atoms with Crippen molar-refractivity contribution in [2.24, 2.45) is 0 Å². The van der Waals surface area contributed by atoms with Gasteiger partial charge in [0.25, 0.3) is 5.56 Å². The number of imidazole rings is 1. The van der Waals surface area contributed by atoms with Crippen LogP contribution in [0.25, 0.3) is 11.2 Å². The van der Waals surface area contributed by atoms with Crippen molar-refractivity contribution in [2.75, 3.05) is 18.8 Å². The Kier molecular flexibility index (Phi) is 2.32. The lowest BCUT2D eigenvalue weighted by atomic mass is 10.1. The van der Waals surface area contributed by atoms with Gasteiger partial charge < -0.3 is 15.6 Å². The van der Waals surface area contributed by atoms with Gasteiger partial charge >= 0.3 is 0 Å². The number of hydrogen-bond donors (Lipinski definition) is 3. The molecule has 1 unspecified atom stereocenters. The highest BCUT2D eigenvalue weighted by molar-refractivity contribution is 5.70. The molecule has 0 spiro atoms. The maximum absolute atomic E-state index is 11.6. The average Bonchev–Trinajstić information content (AvgIpc) is 2.74. The summed E-state index contributed by atoms with van der Waals surface area (Å²) in [4.78, 5) is 22.4. The lowest BCUT2D eigenvalue weighted by Gasteiger charge is -2.24. The van der Waals surface area contributed by atoms with Crippen molar-refractivity contribution >= 4 is 17.1 Å². The number of aromatic amines is 1. The van der Waals surface area contributed by atoms with Crippen LogP contribution in [0.3, 0.4) is 0 Å². The summed E-state index contributed by atoms with van der Waals surface area (Å²) in [5, 5.41) is 3.32. The summed E-state index contributed by atoms with van der Waals surface area (Å²) in [6, 6.07) is 0.294. The Hall–Kier alpha value is -1.89. The highest BCUT2D eigenvalue weighted by atomic mass is 16.1. The van der Waals surface area contributed by atoms with Crippen LogP contribution in [0.4, 0.5) is 5.95 Å². The highest BCUT2D eigenvalue weighted by Crippen LogP contribution is 2.20. The molecule has 1 saturated heterocycles. The fourth-order valence-electron chi connectivity index (χ4n) is 2.28. The molecule has 0 aromatic carbocycles. The molecule has 0 bridgehead atoms. The van der Waals surface area contributed by atoms with Crippen molar-refractivity contribution in [1.82, 2.24) is 24.8 Å². The van der Waals surface area contributed by atoms with E-state index in [4.69, 9.17) is 5.73 Å². The number of nitrogens with one attached hydrogen (secondary N) is 2. The molecule has 7 nitrogen and oxygen atoms in total. The lowest BCUT2D eigenvalue weighted by molar-refractivity contribution is 0.376. The van der Waals surface area contributed by atoms with Crippen molar-refractivity contribution in [3.63, 3.8) is 0 Å². The van der Waals surface area contributed by atoms with Gasteiger partial charge in [0.2, 0.25) is 5.95 Å². The van der Waals surface area contributed by atoms with E-state index in [9.17, 15) is 4.79 Å². The summed E-state index contributed by atoms with van der Waals surface area (Å²) in [6.07, 6.45) is 3.85. The third kappa shape index (κ3) is 1.68. The number of hydrogen-bond acceptors (Lipinski definition) is 5. The van der Waals surface area contributed by atoms with Crippen molar-refractivity contribution in [3.8, 4) is 0 Å². The number of rotatable bonds is 1. The first-order chi connectivity index (χ1) is 8.25. The van der Waals surface area contributed by atoms with Crippen LogP contribution in [0.2, 0.25) is 0 Å². The fourth-order valence-corrected chi connectivity index (χ4v) is 2.28. The Morgan fingerprint density at radius 2 is 2.41 bits per heavy atom. The monoisotopic (exact) mass is 234 g/mol. The second-order valence-electron chi connectivity index (χ2n) is 4.28. The number of nitrogens with two attached hydrogens (primary N) is 1. The van der Waals surface area contributed by atoms with Crippen molar-refractivity contribution in [1.29, 1.82) is 0 Å². The Balaban J connectivity index is 2.13. The van der Waals surface area contributed by atoms with Crippen LogP contribution in [0, 0.1) is 0 Å². The molecule has 0 aliphatic carbocycles. The van der Waals surface area contributed by atoms with Gasteiger partial charge in [-0.1, -0.05) is 0 Å².